The lowest BCUT2D eigenvalue weighted by Crippen LogP contribution is -2.58. The molecule has 124 valence electrons. The largest absolute Gasteiger partial charge is 0.335 e. The van der Waals surface area contributed by atoms with Gasteiger partial charge in [-0.25, -0.2) is 13.2 Å². The summed E-state index contributed by atoms with van der Waals surface area (Å²) >= 11 is 0. The molecule has 5 nitrogen and oxygen atoms in total. The van der Waals surface area contributed by atoms with E-state index in [0.29, 0.717) is 6.54 Å². The number of hydrogen-bond acceptors (Lipinski definition) is 3. The maximum absolute atomic E-state index is 12.4. The topological polar surface area (TPSA) is 66.5 Å². The van der Waals surface area contributed by atoms with Crippen LogP contribution in [-0.2, 0) is 9.84 Å². The molecule has 1 fully saturated rings. The zero-order chi connectivity index (χ0) is 16.0. The molecule has 0 aromatic heterocycles. The molecule has 1 heterocycles. The van der Waals surface area contributed by atoms with Crippen molar-refractivity contribution in [3.8, 4) is 0 Å². The summed E-state index contributed by atoms with van der Waals surface area (Å²) in [6, 6.07) is -0.181. The van der Waals surface area contributed by atoms with Crippen molar-refractivity contribution >= 4 is 15.9 Å². The summed E-state index contributed by atoms with van der Waals surface area (Å²) in [5.74, 6) is 0.0688. The minimum atomic E-state index is -3.05. The third kappa shape index (κ3) is 4.87. The van der Waals surface area contributed by atoms with Gasteiger partial charge >= 0.3 is 6.03 Å². The standard InChI is InChI=1S/C15H30N2O3S/c1-5-7-9-14(8-6-2)16-15(18)17-10-11-21(19,20)13(4)12(17)3/h12-14H,5-11H2,1-4H3,(H,16,18)/t12-,13+,14+/m1/s1. The van der Waals surface area contributed by atoms with Gasteiger partial charge in [-0.05, 0) is 26.7 Å². The van der Waals surface area contributed by atoms with Crippen molar-refractivity contribution in [2.45, 2.75) is 77.1 Å². The molecule has 21 heavy (non-hydrogen) atoms. The van der Waals surface area contributed by atoms with Gasteiger partial charge in [0.2, 0.25) is 0 Å². The van der Waals surface area contributed by atoms with E-state index in [-0.39, 0.29) is 23.9 Å². The summed E-state index contributed by atoms with van der Waals surface area (Å²) in [4.78, 5) is 14.1. The number of nitrogens with one attached hydrogen (secondary N) is 1. The van der Waals surface area contributed by atoms with Gasteiger partial charge in [0, 0.05) is 18.6 Å². The molecule has 2 amide bonds. The molecule has 0 bridgehead atoms. The molecule has 0 unspecified atom stereocenters. The van der Waals surface area contributed by atoms with E-state index in [1.54, 1.807) is 11.8 Å². The average Bonchev–Trinajstić information content (AvgIpc) is 2.42. The highest BCUT2D eigenvalue weighted by atomic mass is 32.2. The smallest absolute Gasteiger partial charge is 0.317 e. The monoisotopic (exact) mass is 318 g/mol. The third-order valence-electron chi connectivity index (χ3n) is 4.49. The minimum Gasteiger partial charge on any atom is -0.335 e. The Morgan fingerprint density at radius 2 is 1.90 bits per heavy atom. The van der Waals surface area contributed by atoms with Crippen LogP contribution in [0.5, 0.6) is 0 Å². The molecule has 1 saturated heterocycles. The number of urea groups is 1. The molecule has 6 heteroatoms. The lowest BCUT2D eigenvalue weighted by Gasteiger charge is -2.38. The van der Waals surface area contributed by atoms with Crippen molar-refractivity contribution in [1.82, 2.24) is 10.2 Å². The van der Waals surface area contributed by atoms with E-state index < -0.39 is 15.1 Å². The zero-order valence-corrected chi connectivity index (χ0v) is 14.6. The molecule has 0 saturated carbocycles. The lowest BCUT2D eigenvalue weighted by atomic mass is 10.1. The van der Waals surface area contributed by atoms with Crippen molar-refractivity contribution in [3.05, 3.63) is 0 Å². The Bertz CT molecular complexity index is 436. The van der Waals surface area contributed by atoms with Crippen LogP contribution >= 0.6 is 0 Å². The van der Waals surface area contributed by atoms with Gasteiger partial charge in [0.25, 0.3) is 0 Å². The highest BCUT2D eigenvalue weighted by Crippen LogP contribution is 2.19. The molecule has 1 aliphatic heterocycles. The first-order chi connectivity index (χ1) is 9.83. The SMILES string of the molecule is CCCC[C@H](CCC)NC(=O)N1CCS(=O)(=O)[C@@H](C)[C@H]1C. The first-order valence-corrected chi connectivity index (χ1v) is 9.83. The Labute approximate surface area is 129 Å². The summed E-state index contributed by atoms with van der Waals surface area (Å²) in [6.45, 7) is 8.07. The second-order valence-corrected chi connectivity index (χ2v) is 8.56. The molecule has 0 radical (unpaired) electrons. The molecule has 0 aromatic carbocycles. The Morgan fingerprint density at radius 3 is 2.48 bits per heavy atom. The van der Waals surface area contributed by atoms with Crippen LogP contribution in [0.2, 0.25) is 0 Å². The fraction of sp³-hybridized carbons (Fsp3) is 0.933. The van der Waals surface area contributed by atoms with Crippen LogP contribution in [0.4, 0.5) is 4.79 Å². The van der Waals surface area contributed by atoms with E-state index in [1.807, 2.05) is 6.92 Å². The molecule has 1 rings (SSSR count). The van der Waals surface area contributed by atoms with Gasteiger partial charge in [-0.3, -0.25) is 0 Å². The zero-order valence-electron chi connectivity index (χ0n) is 13.8. The second-order valence-electron chi connectivity index (χ2n) is 6.08. The Morgan fingerprint density at radius 1 is 1.24 bits per heavy atom. The van der Waals surface area contributed by atoms with Crippen molar-refractivity contribution in [1.29, 1.82) is 0 Å². The van der Waals surface area contributed by atoms with Crippen LogP contribution in [0, 0.1) is 0 Å². The van der Waals surface area contributed by atoms with Gasteiger partial charge in [0.05, 0.1) is 11.0 Å². The van der Waals surface area contributed by atoms with Crippen LogP contribution in [0.3, 0.4) is 0 Å². The van der Waals surface area contributed by atoms with E-state index >= 15 is 0 Å². The maximum Gasteiger partial charge on any atom is 0.317 e. The summed E-state index contributed by atoms with van der Waals surface area (Å²) in [6.07, 6.45) is 5.22. The molecular formula is C15H30N2O3S. The first-order valence-electron chi connectivity index (χ1n) is 8.12. The van der Waals surface area contributed by atoms with Crippen molar-refractivity contribution in [2.24, 2.45) is 0 Å². The molecular weight excluding hydrogens is 288 g/mol. The molecule has 1 aliphatic rings. The van der Waals surface area contributed by atoms with E-state index in [4.69, 9.17) is 0 Å². The summed E-state index contributed by atoms with van der Waals surface area (Å²) < 4.78 is 23.7. The van der Waals surface area contributed by atoms with Gasteiger partial charge in [0.1, 0.15) is 0 Å². The van der Waals surface area contributed by atoms with Gasteiger partial charge < -0.3 is 10.2 Å². The summed E-state index contributed by atoms with van der Waals surface area (Å²) in [5, 5.41) is 2.60. The number of hydrogen-bond donors (Lipinski definition) is 1. The number of carbonyl (C=O) groups is 1. The molecule has 0 aromatic rings. The average molecular weight is 318 g/mol. The molecule has 0 aliphatic carbocycles. The van der Waals surface area contributed by atoms with Gasteiger partial charge in [0.15, 0.2) is 9.84 Å². The first kappa shape index (κ1) is 18.3. The van der Waals surface area contributed by atoms with E-state index in [1.165, 1.54) is 0 Å². The number of sulfone groups is 1. The number of carbonyl (C=O) groups excluding carboxylic acids is 1. The quantitative estimate of drug-likeness (QED) is 0.818. The van der Waals surface area contributed by atoms with Gasteiger partial charge in [-0.15, -0.1) is 0 Å². The third-order valence-corrected chi connectivity index (χ3v) is 6.76. The second kappa shape index (κ2) is 8.01. The Kier molecular flexibility index (Phi) is 6.97. The van der Waals surface area contributed by atoms with Crippen LogP contribution < -0.4 is 5.32 Å². The predicted octanol–water partition coefficient (Wildman–Crippen LogP) is 2.56. The van der Waals surface area contributed by atoms with E-state index in [9.17, 15) is 13.2 Å². The van der Waals surface area contributed by atoms with E-state index in [0.717, 1.165) is 32.1 Å². The predicted molar refractivity (Wildman–Crippen MR) is 86.2 cm³/mol. The van der Waals surface area contributed by atoms with E-state index in [2.05, 4.69) is 19.2 Å². The Balaban J connectivity index is 2.65. The van der Waals surface area contributed by atoms with Gasteiger partial charge in [-0.2, -0.15) is 0 Å². The van der Waals surface area contributed by atoms with Crippen LogP contribution in [0.1, 0.15) is 59.8 Å². The van der Waals surface area contributed by atoms with Crippen LogP contribution in [0.15, 0.2) is 0 Å². The number of unbranched alkanes of at least 4 members (excludes halogenated alkanes) is 1. The summed E-state index contributed by atoms with van der Waals surface area (Å²) in [7, 11) is -3.05. The lowest BCUT2D eigenvalue weighted by molar-refractivity contribution is 0.172. The van der Waals surface area contributed by atoms with Crippen molar-refractivity contribution in [2.75, 3.05) is 12.3 Å². The number of amides is 2. The maximum atomic E-state index is 12.4. The number of rotatable bonds is 6. The number of nitrogens with zero attached hydrogens (tertiary/aromatic N) is 1. The fourth-order valence-corrected chi connectivity index (χ4v) is 4.37. The van der Waals surface area contributed by atoms with Crippen molar-refractivity contribution < 1.29 is 13.2 Å². The van der Waals surface area contributed by atoms with Crippen LogP contribution in [-0.4, -0.2) is 49.0 Å². The Hall–Kier alpha value is -0.780. The normalized spacial score (nSPS) is 26.4. The minimum absolute atomic E-state index is 0.0688. The fourth-order valence-electron chi connectivity index (χ4n) is 2.80. The molecule has 3 atom stereocenters. The molecule has 1 N–H and O–H groups in total. The highest BCUT2D eigenvalue weighted by molar-refractivity contribution is 7.92. The molecule has 0 spiro atoms. The highest BCUT2D eigenvalue weighted by Gasteiger charge is 2.38. The van der Waals surface area contributed by atoms with Crippen molar-refractivity contribution in [3.63, 3.8) is 0 Å². The van der Waals surface area contributed by atoms with Crippen LogP contribution in [0.25, 0.3) is 0 Å². The summed E-state index contributed by atoms with van der Waals surface area (Å²) in [5.41, 5.74) is 0. The van der Waals surface area contributed by atoms with Gasteiger partial charge in [-0.1, -0.05) is 33.1 Å².